The van der Waals surface area contributed by atoms with Crippen LogP contribution >= 0.6 is 23.6 Å². The molecular formula is C13H19N3O3S2. The van der Waals surface area contributed by atoms with Gasteiger partial charge >= 0.3 is 0 Å². The van der Waals surface area contributed by atoms with Crippen LogP contribution in [-0.4, -0.2) is 54.4 Å². The molecule has 8 heteroatoms. The van der Waals surface area contributed by atoms with Crippen LogP contribution in [0.2, 0.25) is 0 Å². The predicted molar refractivity (Wildman–Crippen MR) is 83.3 cm³/mol. The molecule has 1 amide bonds. The van der Waals surface area contributed by atoms with E-state index in [4.69, 9.17) is 27.4 Å². The summed E-state index contributed by atoms with van der Waals surface area (Å²) in [4.78, 5) is 14.8. The summed E-state index contributed by atoms with van der Waals surface area (Å²) in [5.74, 6) is 0.426. The third-order valence-corrected chi connectivity index (χ3v) is 5.29. The van der Waals surface area contributed by atoms with Crippen LogP contribution in [0, 0.1) is 3.95 Å². The number of amides is 1. The number of rotatable bonds is 3. The fraction of sp³-hybridized carbons (Fsp3) is 0.692. The minimum absolute atomic E-state index is 0.0435. The first-order valence-corrected chi connectivity index (χ1v) is 8.37. The van der Waals surface area contributed by atoms with Crippen molar-refractivity contribution >= 4 is 35.3 Å². The molecule has 2 aliphatic rings. The maximum absolute atomic E-state index is 12.5. The van der Waals surface area contributed by atoms with Gasteiger partial charge < -0.3 is 24.7 Å². The number of anilines is 1. The second-order valence-corrected chi connectivity index (χ2v) is 6.88. The Kier molecular flexibility index (Phi) is 4.58. The Labute approximate surface area is 132 Å². The number of hydrogen-bond acceptors (Lipinski definition) is 6. The minimum Gasteiger partial charge on any atom is -0.384 e. The highest BCUT2D eigenvalue weighted by Gasteiger charge is 2.25. The smallest absolute Gasteiger partial charge is 0.267 e. The summed E-state index contributed by atoms with van der Waals surface area (Å²) in [6.07, 6.45) is 2.24. The normalized spacial score (nSPS) is 22.7. The zero-order chi connectivity index (χ0) is 14.8. The van der Waals surface area contributed by atoms with E-state index >= 15 is 0 Å². The molecule has 3 heterocycles. The van der Waals surface area contributed by atoms with Gasteiger partial charge in [-0.25, -0.2) is 0 Å². The molecule has 0 bridgehead atoms. The van der Waals surface area contributed by atoms with Gasteiger partial charge in [0, 0.05) is 19.7 Å². The zero-order valence-corrected chi connectivity index (χ0v) is 13.4. The maximum atomic E-state index is 12.5. The zero-order valence-electron chi connectivity index (χ0n) is 11.7. The summed E-state index contributed by atoms with van der Waals surface area (Å²) < 4.78 is 13.4. The number of thiazole rings is 1. The summed E-state index contributed by atoms with van der Waals surface area (Å²) in [5, 5.41) is 0. The molecule has 0 spiro atoms. The summed E-state index contributed by atoms with van der Waals surface area (Å²) in [6.45, 7) is 3.80. The molecule has 0 radical (unpaired) electrons. The number of carbonyl (C=O) groups excluding carboxylic acids is 1. The van der Waals surface area contributed by atoms with E-state index in [1.54, 1.807) is 4.90 Å². The van der Waals surface area contributed by atoms with Gasteiger partial charge in [0.1, 0.15) is 10.7 Å². The Hall–Kier alpha value is -0.960. The fourth-order valence-electron chi connectivity index (χ4n) is 2.64. The Morgan fingerprint density at radius 2 is 2.14 bits per heavy atom. The van der Waals surface area contributed by atoms with Crippen molar-refractivity contribution in [3.8, 4) is 0 Å². The highest BCUT2D eigenvalue weighted by Crippen LogP contribution is 2.26. The third kappa shape index (κ3) is 3.13. The maximum Gasteiger partial charge on any atom is 0.267 e. The van der Waals surface area contributed by atoms with Crippen molar-refractivity contribution in [2.75, 3.05) is 38.6 Å². The van der Waals surface area contributed by atoms with Gasteiger partial charge in [0.15, 0.2) is 3.95 Å². The van der Waals surface area contributed by atoms with Crippen LogP contribution in [0.4, 0.5) is 5.82 Å². The van der Waals surface area contributed by atoms with Crippen LogP contribution in [0.5, 0.6) is 0 Å². The third-order valence-electron chi connectivity index (χ3n) is 3.84. The van der Waals surface area contributed by atoms with E-state index in [0.717, 1.165) is 19.4 Å². The van der Waals surface area contributed by atoms with Gasteiger partial charge in [0.25, 0.3) is 5.91 Å². The summed E-state index contributed by atoms with van der Waals surface area (Å²) >= 11 is 6.66. The molecule has 6 nitrogen and oxygen atoms in total. The molecular weight excluding hydrogens is 310 g/mol. The van der Waals surface area contributed by atoms with Gasteiger partial charge in [0.2, 0.25) is 0 Å². The Balaban J connectivity index is 1.79. The van der Waals surface area contributed by atoms with E-state index in [1.165, 1.54) is 11.3 Å². The molecule has 0 aliphatic carbocycles. The molecule has 0 saturated carbocycles. The van der Waals surface area contributed by atoms with E-state index in [1.807, 2.05) is 4.57 Å². The number of nitrogen functional groups attached to an aromatic ring is 1. The van der Waals surface area contributed by atoms with Crippen LogP contribution in [-0.2, 0) is 16.0 Å². The van der Waals surface area contributed by atoms with E-state index < -0.39 is 0 Å². The fourth-order valence-corrected chi connectivity index (χ4v) is 3.96. The van der Waals surface area contributed by atoms with E-state index in [-0.39, 0.29) is 12.0 Å². The van der Waals surface area contributed by atoms with Crippen molar-refractivity contribution in [2.45, 2.75) is 25.5 Å². The number of nitrogens with zero attached hydrogens (tertiary/aromatic N) is 2. The lowest BCUT2D eigenvalue weighted by atomic mass is 10.2. The van der Waals surface area contributed by atoms with Crippen LogP contribution in [0.15, 0.2) is 0 Å². The highest BCUT2D eigenvalue weighted by molar-refractivity contribution is 7.73. The SMILES string of the molecule is Nc1c(C(=O)N2CCOCC2)sc(=S)n1C[C@H]1CCCO1. The first-order valence-electron chi connectivity index (χ1n) is 7.14. The van der Waals surface area contributed by atoms with Gasteiger partial charge in [-0.15, -0.1) is 0 Å². The van der Waals surface area contributed by atoms with Crippen molar-refractivity contribution in [1.82, 2.24) is 9.47 Å². The minimum atomic E-state index is -0.0435. The summed E-state index contributed by atoms with van der Waals surface area (Å²) in [7, 11) is 0. The van der Waals surface area contributed by atoms with Crippen molar-refractivity contribution in [2.24, 2.45) is 0 Å². The standard InChI is InChI=1S/C13H19N3O3S2/c14-11-10(12(17)15-3-6-18-7-4-15)21-13(20)16(11)8-9-2-1-5-19-9/h9H,1-8,14H2/t9-/m1/s1. The number of ether oxygens (including phenoxy) is 2. The Bertz CT molecular complexity index is 572. The highest BCUT2D eigenvalue weighted by atomic mass is 32.1. The molecule has 2 N–H and O–H groups in total. The lowest BCUT2D eigenvalue weighted by molar-refractivity contribution is 0.0306. The van der Waals surface area contributed by atoms with Crippen molar-refractivity contribution in [1.29, 1.82) is 0 Å². The van der Waals surface area contributed by atoms with E-state index in [0.29, 0.717) is 47.5 Å². The van der Waals surface area contributed by atoms with E-state index in [2.05, 4.69) is 0 Å². The molecule has 1 atom stereocenters. The lowest BCUT2D eigenvalue weighted by Gasteiger charge is -2.26. The molecule has 116 valence electrons. The molecule has 3 rings (SSSR count). The average molecular weight is 329 g/mol. The van der Waals surface area contributed by atoms with Crippen molar-refractivity contribution in [3.63, 3.8) is 0 Å². The topological polar surface area (TPSA) is 69.7 Å². The van der Waals surface area contributed by atoms with Gasteiger partial charge in [-0.05, 0) is 25.1 Å². The predicted octanol–water partition coefficient (Wildman–Crippen LogP) is 1.51. The average Bonchev–Trinajstić information content (AvgIpc) is 3.11. The van der Waals surface area contributed by atoms with Crippen LogP contribution in [0.25, 0.3) is 0 Å². The molecule has 1 aromatic rings. The molecule has 21 heavy (non-hydrogen) atoms. The Morgan fingerprint density at radius 1 is 1.38 bits per heavy atom. The van der Waals surface area contributed by atoms with Gasteiger partial charge in [-0.1, -0.05) is 11.3 Å². The quantitative estimate of drug-likeness (QED) is 0.851. The van der Waals surface area contributed by atoms with Crippen LogP contribution in [0.3, 0.4) is 0 Å². The second-order valence-electron chi connectivity index (χ2n) is 5.23. The monoisotopic (exact) mass is 329 g/mol. The van der Waals surface area contributed by atoms with Gasteiger partial charge in [-0.2, -0.15) is 0 Å². The van der Waals surface area contributed by atoms with Crippen molar-refractivity contribution < 1.29 is 14.3 Å². The van der Waals surface area contributed by atoms with E-state index in [9.17, 15) is 4.79 Å². The summed E-state index contributed by atoms with van der Waals surface area (Å²) in [6, 6.07) is 0. The first-order chi connectivity index (χ1) is 10.2. The Morgan fingerprint density at radius 3 is 2.81 bits per heavy atom. The molecule has 0 unspecified atom stereocenters. The first kappa shape index (κ1) is 15.0. The lowest BCUT2D eigenvalue weighted by Crippen LogP contribution is -2.40. The summed E-state index contributed by atoms with van der Waals surface area (Å²) in [5.41, 5.74) is 6.16. The number of morpholine rings is 1. The number of aromatic nitrogens is 1. The molecule has 0 aromatic carbocycles. The molecule has 2 fully saturated rings. The van der Waals surface area contributed by atoms with Crippen molar-refractivity contribution in [3.05, 3.63) is 8.83 Å². The number of hydrogen-bond donors (Lipinski definition) is 1. The molecule has 2 saturated heterocycles. The van der Waals surface area contributed by atoms with Gasteiger partial charge in [-0.3, -0.25) is 4.79 Å². The van der Waals surface area contributed by atoms with Gasteiger partial charge in [0.05, 0.1) is 25.9 Å². The molecule has 2 aliphatic heterocycles. The molecule has 1 aromatic heterocycles. The largest absolute Gasteiger partial charge is 0.384 e. The number of carbonyl (C=O) groups is 1. The van der Waals surface area contributed by atoms with Crippen LogP contribution in [0.1, 0.15) is 22.5 Å². The second kappa shape index (κ2) is 6.43. The number of nitrogens with two attached hydrogens (primary N) is 1. The van der Waals surface area contributed by atoms with Crippen LogP contribution < -0.4 is 5.73 Å².